The molecule has 0 aliphatic carbocycles. The van der Waals surface area contributed by atoms with E-state index in [-0.39, 0.29) is 11.9 Å². The van der Waals surface area contributed by atoms with E-state index in [0.29, 0.717) is 12.2 Å². The second-order valence-corrected chi connectivity index (χ2v) is 4.78. The molecule has 1 aromatic carbocycles. The minimum atomic E-state index is -0.0124. The van der Waals surface area contributed by atoms with Crippen LogP contribution in [0.1, 0.15) is 28.8 Å². The summed E-state index contributed by atoms with van der Waals surface area (Å²) in [6.07, 6.45) is 2.03. The fourth-order valence-electron chi connectivity index (χ4n) is 1.87. The molecule has 0 radical (unpaired) electrons. The zero-order valence-corrected chi connectivity index (χ0v) is 11.2. The van der Waals surface area contributed by atoms with Crippen LogP contribution in [0.3, 0.4) is 0 Å². The van der Waals surface area contributed by atoms with E-state index in [9.17, 15) is 4.79 Å². The fraction of sp³-hybridized carbons (Fsp3) is 0.462. The third kappa shape index (κ3) is 3.54. The first-order valence-electron chi connectivity index (χ1n) is 5.83. The van der Waals surface area contributed by atoms with Gasteiger partial charge in [-0.1, -0.05) is 28.1 Å². The number of benzene rings is 1. The van der Waals surface area contributed by atoms with Gasteiger partial charge in [0.1, 0.15) is 0 Å². The van der Waals surface area contributed by atoms with E-state index in [4.69, 9.17) is 4.74 Å². The van der Waals surface area contributed by atoms with Gasteiger partial charge in [0, 0.05) is 17.5 Å². The van der Waals surface area contributed by atoms with Crippen LogP contribution >= 0.6 is 15.9 Å². The maximum absolute atomic E-state index is 11.9. The number of amides is 1. The lowest BCUT2D eigenvalue weighted by Crippen LogP contribution is -2.40. The number of carbonyl (C=O) groups excluding carboxylic acids is 1. The van der Waals surface area contributed by atoms with Crippen molar-refractivity contribution >= 4 is 21.8 Å². The molecule has 0 bridgehead atoms. The SMILES string of the molecule is O=C(NC1CCCOC1)c1ccc(CBr)cc1. The first-order valence-corrected chi connectivity index (χ1v) is 6.95. The summed E-state index contributed by atoms with van der Waals surface area (Å²) in [6.45, 7) is 1.44. The molecule has 1 heterocycles. The molecule has 1 aromatic rings. The Morgan fingerprint density at radius 1 is 1.41 bits per heavy atom. The molecule has 1 aliphatic rings. The van der Waals surface area contributed by atoms with Crippen LogP contribution in [0.15, 0.2) is 24.3 Å². The Morgan fingerprint density at radius 3 is 2.76 bits per heavy atom. The van der Waals surface area contributed by atoms with Crippen molar-refractivity contribution in [3.05, 3.63) is 35.4 Å². The van der Waals surface area contributed by atoms with E-state index >= 15 is 0 Å². The first-order chi connectivity index (χ1) is 8.29. The van der Waals surface area contributed by atoms with Crippen LogP contribution < -0.4 is 5.32 Å². The van der Waals surface area contributed by atoms with Crippen LogP contribution in [0, 0.1) is 0 Å². The Labute approximate surface area is 110 Å². The zero-order chi connectivity index (χ0) is 12.1. The van der Waals surface area contributed by atoms with Gasteiger partial charge in [0.15, 0.2) is 0 Å². The molecule has 0 spiro atoms. The van der Waals surface area contributed by atoms with Crippen LogP contribution in [0.4, 0.5) is 0 Å². The number of halogens is 1. The predicted molar refractivity (Wildman–Crippen MR) is 70.4 cm³/mol. The van der Waals surface area contributed by atoms with Crippen molar-refractivity contribution in [3.63, 3.8) is 0 Å². The van der Waals surface area contributed by atoms with Gasteiger partial charge in [-0.2, -0.15) is 0 Å². The van der Waals surface area contributed by atoms with Gasteiger partial charge in [-0.15, -0.1) is 0 Å². The van der Waals surface area contributed by atoms with Crippen molar-refractivity contribution in [3.8, 4) is 0 Å². The summed E-state index contributed by atoms with van der Waals surface area (Å²) in [6, 6.07) is 7.79. The highest BCUT2D eigenvalue weighted by molar-refractivity contribution is 9.08. The Hall–Kier alpha value is -0.870. The molecule has 1 saturated heterocycles. The van der Waals surface area contributed by atoms with Crippen LogP contribution in [-0.2, 0) is 10.1 Å². The maximum Gasteiger partial charge on any atom is 0.251 e. The lowest BCUT2D eigenvalue weighted by Gasteiger charge is -2.23. The smallest absolute Gasteiger partial charge is 0.251 e. The molecule has 2 rings (SSSR count). The number of carbonyl (C=O) groups is 1. The quantitative estimate of drug-likeness (QED) is 0.871. The number of hydrogen-bond acceptors (Lipinski definition) is 2. The number of nitrogens with one attached hydrogen (secondary N) is 1. The van der Waals surface area contributed by atoms with Crippen LogP contribution in [0.5, 0.6) is 0 Å². The second kappa shape index (κ2) is 6.17. The molecule has 1 N–H and O–H groups in total. The van der Waals surface area contributed by atoms with Crippen molar-refractivity contribution in [2.75, 3.05) is 13.2 Å². The topological polar surface area (TPSA) is 38.3 Å². The van der Waals surface area contributed by atoms with E-state index < -0.39 is 0 Å². The van der Waals surface area contributed by atoms with E-state index in [0.717, 1.165) is 24.8 Å². The van der Waals surface area contributed by atoms with Crippen molar-refractivity contribution in [2.24, 2.45) is 0 Å². The summed E-state index contributed by atoms with van der Waals surface area (Å²) in [7, 11) is 0. The first kappa shape index (κ1) is 12.6. The summed E-state index contributed by atoms with van der Waals surface area (Å²) in [4.78, 5) is 11.9. The van der Waals surface area contributed by atoms with E-state index in [1.54, 1.807) is 0 Å². The largest absolute Gasteiger partial charge is 0.379 e. The average molecular weight is 298 g/mol. The molecule has 1 amide bonds. The van der Waals surface area contributed by atoms with E-state index in [1.165, 1.54) is 5.56 Å². The molecule has 1 unspecified atom stereocenters. The monoisotopic (exact) mass is 297 g/mol. The fourth-order valence-corrected chi connectivity index (χ4v) is 2.24. The van der Waals surface area contributed by atoms with E-state index in [2.05, 4.69) is 21.2 Å². The van der Waals surface area contributed by atoms with Crippen molar-refractivity contribution in [1.29, 1.82) is 0 Å². The molecule has 4 heteroatoms. The predicted octanol–water partition coefficient (Wildman–Crippen LogP) is 2.49. The number of ether oxygens (including phenoxy) is 1. The number of hydrogen-bond donors (Lipinski definition) is 1. The minimum Gasteiger partial charge on any atom is -0.379 e. The summed E-state index contributed by atoms with van der Waals surface area (Å²) in [5, 5.41) is 3.81. The van der Waals surface area contributed by atoms with Crippen molar-refractivity contribution < 1.29 is 9.53 Å². The lowest BCUT2D eigenvalue weighted by molar-refractivity contribution is 0.0624. The second-order valence-electron chi connectivity index (χ2n) is 4.22. The Balaban J connectivity index is 1.93. The Morgan fingerprint density at radius 2 is 2.18 bits per heavy atom. The van der Waals surface area contributed by atoms with Gasteiger partial charge in [-0.3, -0.25) is 4.79 Å². The van der Waals surface area contributed by atoms with Crippen molar-refractivity contribution in [2.45, 2.75) is 24.2 Å². The van der Waals surface area contributed by atoms with Crippen LogP contribution in [0.25, 0.3) is 0 Å². The zero-order valence-electron chi connectivity index (χ0n) is 9.62. The Kier molecular flexibility index (Phi) is 4.57. The molecular weight excluding hydrogens is 282 g/mol. The summed E-state index contributed by atoms with van der Waals surface area (Å²) in [5.41, 5.74) is 1.88. The van der Waals surface area contributed by atoms with Crippen LogP contribution in [0.2, 0.25) is 0 Å². The molecule has 0 aromatic heterocycles. The highest BCUT2D eigenvalue weighted by atomic mass is 79.9. The molecule has 1 atom stereocenters. The van der Waals surface area contributed by atoms with Crippen molar-refractivity contribution in [1.82, 2.24) is 5.32 Å². The lowest BCUT2D eigenvalue weighted by atomic mass is 10.1. The summed E-state index contributed by atoms with van der Waals surface area (Å²) in [5.74, 6) is -0.0124. The number of rotatable bonds is 3. The molecule has 1 fully saturated rings. The number of alkyl halides is 1. The molecule has 3 nitrogen and oxygen atoms in total. The average Bonchev–Trinajstić information content (AvgIpc) is 2.40. The van der Waals surface area contributed by atoms with Gasteiger partial charge in [-0.25, -0.2) is 0 Å². The molecule has 17 heavy (non-hydrogen) atoms. The minimum absolute atomic E-state index is 0.0124. The molecule has 0 saturated carbocycles. The molecule has 92 valence electrons. The van der Waals surface area contributed by atoms with E-state index in [1.807, 2.05) is 24.3 Å². The van der Waals surface area contributed by atoms with Gasteiger partial charge in [0.05, 0.1) is 12.6 Å². The van der Waals surface area contributed by atoms with Gasteiger partial charge in [-0.05, 0) is 30.5 Å². The van der Waals surface area contributed by atoms with Crippen LogP contribution in [-0.4, -0.2) is 25.2 Å². The van der Waals surface area contributed by atoms with Gasteiger partial charge >= 0.3 is 0 Å². The summed E-state index contributed by atoms with van der Waals surface area (Å²) < 4.78 is 5.33. The third-order valence-corrected chi connectivity index (χ3v) is 3.51. The Bertz CT molecular complexity index is 372. The highest BCUT2D eigenvalue weighted by Gasteiger charge is 2.16. The van der Waals surface area contributed by atoms with Gasteiger partial charge in [0.2, 0.25) is 0 Å². The summed E-state index contributed by atoms with van der Waals surface area (Å²) >= 11 is 3.38. The molecular formula is C13H16BrNO2. The standard InChI is InChI=1S/C13H16BrNO2/c14-8-10-3-5-11(6-4-10)13(16)15-12-2-1-7-17-9-12/h3-6,12H,1-2,7-9H2,(H,15,16). The normalized spacial score (nSPS) is 19.9. The maximum atomic E-state index is 11.9. The third-order valence-electron chi connectivity index (χ3n) is 2.87. The van der Waals surface area contributed by atoms with Gasteiger partial charge in [0.25, 0.3) is 5.91 Å². The molecule has 1 aliphatic heterocycles. The van der Waals surface area contributed by atoms with Gasteiger partial charge < -0.3 is 10.1 Å². The highest BCUT2D eigenvalue weighted by Crippen LogP contribution is 2.10.